The fraction of sp³-hybridized carbons (Fsp3) is 0.462. The van der Waals surface area contributed by atoms with Gasteiger partial charge in [-0.2, -0.15) is 5.10 Å². The zero-order valence-corrected chi connectivity index (χ0v) is 9.98. The van der Waals surface area contributed by atoms with E-state index in [-0.39, 0.29) is 0 Å². The maximum absolute atomic E-state index is 4.44. The molecule has 1 atom stereocenters. The normalized spacial score (nSPS) is 13.1. The number of nitrogens with zero attached hydrogens (tertiary/aromatic N) is 2. The molecular weight excluding hydrogens is 198 g/mol. The van der Waals surface area contributed by atoms with Crippen LogP contribution < -0.4 is 5.32 Å². The number of benzene rings is 1. The third-order valence-corrected chi connectivity index (χ3v) is 2.93. The van der Waals surface area contributed by atoms with Crippen molar-refractivity contribution >= 4 is 10.9 Å². The van der Waals surface area contributed by atoms with Crippen molar-refractivity contribution in [2.24, 2.45) is 0 Å². The molecule has 1 heterocycles. The molecule has 1 N–H and O–H groups in total. The average Bonchev–Trinajstić information content (AvgIpc) is 2.72. The van der Waals surface area contributed by atoms with Crippen LogP contribution in [0, 0.1) is 0 Å². The number of hydrogen-bond donors (Lipinski definition) is 1. The first-order valence-electron chi connectivity index (χ1n) is 5.99. The lowest BCUT2D eigenvalue weighted by Gasteiger charge is -2.16. The highest BCUT2D eigenvalue weighted by atomic mass is 15.3. The number of fused-ring (bicyclic) bond motifs is 1. The summed E-state index contributed by atoms with van der Waals surface area (Å²) >= 11 is 0. The number of nitrogens with one attached hydrogen (secondary N) is 1. The molecule has 0 fully saturated rings. The van der Waals surface area contributed by atoms with Crippen molar-refractivity contribution in [1.82, 2.24) is 15.1 Å². The maximum Gasteiger partial charge on any atom is 0.0683 e. The molecule has 3 nitrogen and oxygen atoms in total. The maximum atomic E-state index is 4.44. The van der Waals surface area contributed by atoms with Gasteiger partial charge in [-0.05, 0) is 19.0 Å². The van der Waals surface area contributed by atoms with Crippen molar-refractivity contribution in [2.75, 3.05) is 6.54 Å². The Morgan fingerprint density at radius 2 is 2.12 bits per heavy atom. The molecule has 16 heavy (non-hydrogen) atoms. The van der Waals surface area contributed by atoms with Crippen LogP contribution >= 0.6 is 0 Å². The second-order valence-electron chi connectivity index (χ2n) is 4.05. The van der Waals surface area contributed by atoms with Gasteiger partial charge >= 0.3 is 0 Å². The van der Waals surface area contributed by atoms with Crippen LogP contribution in [0.15, 0.2) is 30.5 Å². The van der Waals surface area contributed by atoms with Gasteiger partial charge in [0, 0.05) is 11.4 Å². The van der Waals surface area contributed by atoms with Gasteiger partial charge in [0.15, 0.2) is 0 Å². The SMILES string of the molecule is CCNC(CC)Cn1ncc2ccccc21. The van der Waals surface area contributed by atoms with Gasteiger partial charge in [0.1, 0.15) is 0 Å². The van der Waals surface area contributed by atoms with E-state index in [9.17, 15) is 0 Å². The first-order chi connectivity index (χ1) is 7.85. The molecule has 1 aromatic heterocycles. The Bertz CT molecular complexity index is 447. The van der Waals surface area contributed by atoms with Crippen molar-refractivity contribution < 1.29 is 0 Å². The van der Waals surface area contributed by atoms with E-state index in [1.165, 1.54) is 10.9 Å². The van der Waals surface area contributed by atoms with Gasteiger partial charge in [-0.3, -0.25) is 4.68 Å². The van der Waals surface area contributed by atoms with E-state index < -0.39 is 0 Å². The zero-order chi connectivity index (χ0) is 11.4. The number of rotatable bonds is 5. The molecule has 0 radical (unpaired) electrons. The van der Waals surface area contributed by atoms with Crippen LogP contribution in [0.25, 0.3) is 10.9 Å². The number of hydrogen-bond acceptors (Lipinski definition) is 2. The lowest BCUT2D eigenvalue weighted by molar-refractivity contribution is 0.431. The minimum absolute atomic E-state index is 0.508. The van der Waals surface area contributed by atoms with Crippen molar-refractivity contribution in [3.05, 3.63) is 30.5 Å². The second kappa shape index (κ2) is 5.12. The highest BCUT2D eigenvalue weighted by molar-refractivity contribution is 5.78. The summed E-state index contributed by atoms with van der Waals surface area (Å²) in [5.41, 5.74) is 1.22. The van der Waals surface area contributed by atoms with E-state index in [1.807, 2.05) is 6.20 Å². The Balaban J connectivity index is 2.20. The van der Waals surface area contributed by atoms with Gasteiger partial charge < -0.3 is 5.32 Å². The Hall–Kier alpha value is -1.35. The van der Waals surface area contributed by atoms with Crippen molar-refractivity contribution in [1.29, 1.82) is 0 Å². The molecule has 0 saturated heterocycles. The van der Waals surface area contributed by atoms with Gasteiger partial charge in [-0.15, -0.1) is 0 Å². The fourth-order valence-electron chi connectivity index (χ4n) is 2.01. The van der Waals surface area contributed by atoms with Crippen LogP contribution in [0.4, 0.5) is 0 Å². The van der Waals surface area contributed by atoms with Crippen molar-refractivity contribution in [3.8, 4) is 0 Å². The van der Waals surface area contributed by atoms with Crippen LogP contribution in [0.1, 0.15) is 20.3 Å². The largest absolute Gasteiger partial charge is 0.312 e. The average molecular weight is 217 g/mol. The third-order valence-electron chi connectivity index (χ3n) is 2.93. The van der Waals surface area contributed by atoms with E-state index in [1.54, 1.807) is 0 Å². The Morgan fingerprint density at radius 1 is 1.31 bits per heavy atom. The summed E-state index contributed by atoms with van der Waals surface area (Å²) in [4.78, 5) is 0. The molecule has 0 bridgehead atoms. The monoisotopic (exact) mass is 217 g/mol. The summed E-state index contributed by atoms with van der Waals surface area (Å²) in [5, 5.41) is 9.13. The predicted molar refractivity (Wildman–Crippen MR) is 67.5 cm³/mol. The van der Waals surface area contributed by atoms with Crippen LogP contribution in [0.2, 0.25) is 0 Å². The fourth-order valence-corrected chi connectivity index (χ4v) is 2.01. The summed E-state index contributed by atoms with van der Waals surface area (Å²) in [5.74, 6) is 0. The van der Waals surface area contributed by atoms with E-state index in [4.69, 9.17) is 0 Å². The molecule has 2 rings (SSSR count). The molecule has 1 aromatic carbocycles. The number of aromatic nitrogens is 2. The summed E-state index contributed by atoms with van der Waals surface area (Å²) in [7, 11) is 0. The number of para-hydroxylation sites is 1. The minimum atomic E-state index is 0.508. The summed E-state index contributed by atoms with van der Waals surface area (Å²) < 4.78 is 2.09. The first kappa shape index (κ1) is 11.1. The lowest BCUT2D eigenvalue weighted by atomic mass is 10.2. The van der Waals surface area contributed by atoms with Gasteiger partial charge in [-0.1, -0.05) is 32.0 Å². The van der Waals surface area contributed by atoms with Gasteiger partial charge in [-0.25, -0.2) is 0 Å². The van der Waals surface area contributed by atoms with Crippen molar-refractivity contribution in [3.63, 3.8) is 0 Å². The Morgan fingerprint density at radius 3 is 2.88 bits per heavy atom. The molecule has 0 spiro atoms. The van der Waals surface area contributed by atoms with E-state index in [0.717, 1.165) is 19.5 Å². The molecular formula is C13H19N3. The van der Waals surface area contributed by atoms with Gasteiger partial charge in [0.25, 0.3) is 0 Å². The third kappa shape index (κ3) is 2.25. The lowest BCUT2D eigenvalue weighted by Crippen LogP contribution is -2.32. The highest BCUT2D eigenvalue weighted by Gasteiger charge is 2.08. The van der Waals surface area contributed by atoms with E-state index >= 15 is 0 Å². The molecule has 2 aromatic rings. The van der Waals surface area contributed by atoms with Gasteiger partial charge in [0.05, 0.1) is 18.3 Å². The van der Waals surface area contributed by atoms with Crippen LogP contribution in [-0.2, 0) is 6.54 Å². The Labute approximate surface area is 96.5 Å². The van der Waals surface area contributed by atoms with Crippen LogP contribution in [0.3, 0.4) is 0 Å². The standard InChI is InChI=1S/C13H19N3/c1-3-12(14-4-2)10-16-13-8-6-5-7-11(13)9-15-16/h5-9,12,14H,3-4,10H2,1-2H3. The van der Waals surface area contributed by atoms with Crippen LogP contribution in [-0.4, -0.2) is 22.4 Å². The van der Waals surface area contributed by atoms with Crippen LogP contribution in [0.5, 0.6) is 0 Å². The molecule has 0 amide bonds. The molecule has 0 saturated carbocycles. The molecule has 0 aliphatic rings. The Kier molecular flexibility index (Phi) is 3.57. The second-order valence-corrected chi connectivity index (χ2v) is 4.05. The topological polar surface area (TPSA) is 29.9 Å². The highest BCUT2D eigenvalue weighted by Crippen LogP contribution is 2.13. The molecule has 0 aliphatic heterocycles. The van der Waals surface area contributed by atoms with Gasteiger partial charge in [0.2, 0.25) is 0 Å². The first-order valence-corrected chi connectivity index (χ1v) is 5.99. The summed E-state index contributed by atoms with van der Waals surface area (Å²) in [6, 6.07) is 8.85. The molecule has 3 heteroatoms. The molecule has 86 valence electrons. The minimum Gasteiger partial charge on any atom is -0.312 e. The summed E-state index contributed by atoms with van der Waals surface area (Å²) in [6.07, 6.45) is 3.07. The zero-order valence-electron chi connectivity index (χ0n) is 9.98. The quantitative estimate of drug-likeness (QED) is 0.833. The predicted octanol–water partition coefficient (Wildman–Crippen LogP) is 2.42. The van der Waals surface area contributed by atoms with E-state index in [0.29, 0.717) is 6.04 Å². The van der Waals surface area contributed by atoms with E-state index in [2.05, 4.69) is 53.2 Å². The molecule has 0 aliphatic carbocycles. The van der Waals surface area contributed by atoms with Crippen molar-refractivity contribution in [2.45, 2.75) is 32.9 Å². The smallest absolute Gasteiger partial charge is 0.0683 e. The number of likely N-dealkylation sites (N-methyl/N-ethyl adjacent to an activating group) is 1. The molecule has 1 unspecified atom stereocenters. The summed E-state index contributed by atoms with van der Waals surface area (Å²) in [6.45, 7) is 6.30.